The molecule has 56 valence electrons. The lowest BCUT2D eigenvalue weighted by Crippen LogP contribution is -1.80. The van der Waals surface area contributed by atoms with E-state index in [9.17, 15) is 0 Å². The molecule has 0 unspecified atom stereocenters. The number of hydrogen-bond acceptors (Lipinski definition) is 6. The first-order valence-electron chi connectivity index (χ1n) is 2.86. The van der Waals surface area contributed by atoms with Crippen LogP contribution in [0.4, 0.5) is 5.13 Å². The Hall–Kier alpha value is -1.43. The fourth-order valence-electron chi connectivity index (χ4n) is 0.661. The van der Waals surface area contributed by atoms with Crippen LogP contribution in [0.2, 0.25) is 0 Å². The number of aromatic nitrogens is 3. The van der Waals surface area contributed by atoms with Crippen molar-refractivity contribution in [1.29, 1.82) is 0 Å². The van der Waals surface area contributed by atoms with Crippen LogP contribution >= 0.6 is 11.3 Å². The molecule has 0 aromatic carbocycles. The number of nitrogens with zero attached hydrogens (tertiary/aromatic N) is 3. The number of rotatable bonds is 1. The highest BCUT2D eigenvalue weighted by atomic mass is 32.1. The molecule has 2 aromatic heterocycles. The summed E-state index contributed by atoms with van der Waals surface area (Å²) < 4.78 is 4.63. The van der Waals surface area contributed by atoms with E-state index >= 15 is 0 Å². The number of nitrogens with two attached hydrogens (primary N) is 1. The first kappa shape index (κ1) is 6.29. The summed E-state index contributed by atoms with van der Waals surface area (Å²) in [5, 5.41) is 12.2. The zero-order valence-corrected chi connectivity index (χ0v) is 6.21. The number of nitrogen functional groups attached to an aromatic ring is 1. The minimum absolute atomic E-state index is 0.433. The van der Waals surface area contributed by atoms with Crippen molar-refractivity contribution in [3.8, 4) is 10.7 Å². The molecule has 0 fully saturated rings. The fraction of sp³-hybridized carbons (Fsp3) is 0. The molecule has 0 atom stereocenters. The van der Waals surface area contributed by atoms with Crippen LogP contribution in [0.1, 0.15) is 0 Å². The van der Waals surface area contributed by atoms with Gasteiger partial charge in [0.1, 0.15) is 12.0 Å². The van der Waals surface area contributed by atoms with Gasteiger partial charge in [-0.2, -0.15) is 0 Å². The molecular weight excluding hydrogens is 164 g/mol. The largest absolute Gasteiger partial charge is 0.374 e. The van der Waals surface area contributed by atoms with Gasteiger partial charge in [0.05, 0.1) is 0 Å². The van der Waals surface area contributed by atoms with Gasteiger partial charge in [-0.1, -0.05) is 16.5 Å². The van der Waals surface area contributed by atoms with Gasteiger partial charge < -0.3 is 10.3 Å². The van der Waals surface area contributed by atoms with E-state index in [-0.39, 0.29) is 0 Å². The summed E-state index contributed by atoms with van der Waals surface area (Å²) in [6.45, 7) is 0. The van der Waals surface area contributed by atoms with Gasteiger partial charge >= 0.3 is 0 Å². The predicted octanol–water partition coefficient (Wildman–Crippen LogP) is 0.775. The van der Waals surface area contributed by atoms with Crippen molar-refractivity contribution >= 4 is 16.5 Å². The highest BCUT2D eigenvalue weighted by molar-refractivity contribution is 7.18. The Labute approximate surface area is 65.8 Å². The highest BCUT2D eigenvalue weighted by Crippen LogP contribution is 2.22. The fourth-order valence-corrected chi connectivity index (χ4v) is 1.23. The molecule has 5 nitrogen and oxygen atoms in total. The Kier molecular flexibility index (Phi) is 1.32. The molecule has 2 aromatic rings. The molecule has 0 radical (unpaired) electrons. The molecule has 0 bridgehead atoms. The number of hydrogen-bond donors (Lipinski definition) is 1. The Morgan fingerprint density at radius 1 is 1.45 bits per heavy atom. The maximum Gasteiger partial charge on any atom is 0.203 e. The molecule has 0 saturated carbocycles. The molecule has 2 N–H and O–H groups in total. The van der Waals surface area contributed by atoms with Crippen molar-refractivity contribution in [2.24, 2.45) is 0 Å². The van der Waals surface area contributed by atoms with Crippen LogP contribution in [0.5, 0.6) is 0 Å². The minimum Gasteiger partial charge on any atom is -0.374 e. The Morgan fingerprint density at radius 2 is 2.36 bits per heavy atom. The summed E-state index contributed by atoms with van der Waals surface area (Å²) in [6, 6.07) is 1.71. The normalized spacial score (nSPS) is 10.2. The third kappa shape index (κ3) is 1.07. The monoisotopic (exact) mass is 168 g/mol. The first-order chi connectivity index (χ1) is 5.36. The molecule has 0 aliphatic carbocycles. The van der Waals surface area contributed by atoms with Crippen LogP contribution in [0.3, 0.4) is 0 Å². The standard InChI is InChI=1S/C5H4N4OS/c6-5-8-7-4(11-5)3-1-2-10-9-3/h1-2H,(H2,6,8). The van der Waals surface area contributed by atoms with E-state index in [2.05, 4.69) is 19.9 Å². The SMILES string of the molecule is Nc1nnc(-c2ccon2)s1. The van der Waals surface area contributed by atoms with Crippen molar-refractivity contribution in [3.05, 3.63) is 12.3 Å². The van der Waals surface area contributed by atoms with Crippen molar-refractivity contribution in [3.63, 3.8) is 0 Å². The van der Waals surface area contributed by atoms with E-state index in [1.165, 1.54) is 17.6 Å². The molecule has 0 aliphatic heterocycles. The van der Waals surface area contributed by atoms with E-state index in [0.717, 1.165) is 0 Å². The Balaban J connectivity index is 2.45. The summed E-state index contributed by atoms with van der Waals surface area (Å²) in [5.41, 5.74) is 6.04. The highest BCUT2D eigenvalue weighted by Gasteiger charge is 2.05. The van der Waals surface area contributed by atoms with Crippen LogP contribution in [-0.2, 0) is 0 Å². The third-order valence-electron chi connectivity index (χ3n) is 1.10. The first-order valence-corrected chi connectivity index (χ1v) is 3.67. The van der Waals surface area contributed by atoms with Crippen molar-refractivity contribution in [2.45, 2.75) is 0 Å². The van der Waals surface area contributed by atoms with Crippen molar-refractivity contribution in [2.75, 3.05) is 5.73 Å². The average molecular weight is 168 g/mol. The van der Waals surface area contributed by atoms with Crippen LogP contribution in [0.15, 0.2) is 16.9 Å². The van der Waals surface area contributed by atoms with Crippen LogP contribution in [-0.4, -0.2) is 15.4 Å². The average Bonchev–Trinajstić information content (AvgIpc) is 2.55. The van der Waals surface area contributed by atoms with E-state index in [1.54, 1.807) is 6.07 Å². The minimum atomic E-state index is 0.433. The summed E-state index contributed by atoms with van der Waals surface area (Å²) in [7, 11) is 0. The van der Waals surface area contributed by atoms with Crippen LogP contribution in [0.25, 0.3) is 10.7 Å². The zero-order chi connectivity index (χ0) is 7.68. The van der Waals surface area contributed by atoms with Gasteiger partial charge in [-0.3, -0.25) is 0 Å². The number of anilines is 1. The second-order valence-electron chi connectivity index (χ2n) is 1.83. The smallest absolute Gasteiger partial charge is 0.203 e. The van der Waals surface area contributed by atoms with Gasteiger partial charge in [0.15, 0.2) is 5.01 Å². The molecule has 0 spiro atoms. The lowest BCUT2D eigenvalue weighted by molar-refractivity contribution is 0.422. The molecule has 6 heteroatoms. The van der Waals surface area contributed by atoms with E-state index in [0.29, 0.717) is 15.8 Å². The van der Waals surface area contributed by atoms with Crippen molar-refractivity contribution < 1.29 is 4.52 Å². The predicted molar refractivity (Wildman–Crippen MR) is 39.8 cm³/mol. The second-order valence-corrected chi connectivity index (χ2v) is 2.84. The van der Waals surface area contributed by atoms with E-state index in [1.807, 2.05) is 0 Å². The molecule has 0 amide bonds. The van der Waals surface area contributed by atoms with Gasteiger partial charge in [-0.05, 0) is 0 Å². The molecule has 11 heavy (non-hydrogen) atoms. The van der Waals surface area contributed by atoms with E-state index < -0.39 is 0 Å². The molecule has 2 heterocycles. The summed E-state index contributed by atoms with van der Waals surface area (Å²) in [5.74, 6) is 0. The van der Waals surface area contributed by atoms with Crippen LogP contribution < -0.4 is 5.73 Å². The molecule has 0 saturated heterocycles. The van der Waals surface area contributed by atoms with Gasteiger partial charge in [-0.25, -0.2) is 0 Å². The van der Waals surface area contributed by atoms with E-state index in [4.69, 9.17) is 5.73 Å². The second kappa shape index (κ2) is 2.31. The quantitative estimate of drug-likeness (QED) is 0.680. The maximum absolute atomic E-state index is 5.37. The summed E-state index contributed by atoms with van der Waals surface area (Å²) in [4.78, 5) is 0. The molecule has 2 rings (SSSR count). The summed E-state index contributed by atoms with van der Waals surface area (Å²) >= 11 is 1.28. The maximum atomic E-state index is 5.37. The lowest BCUT2D eigenvalue weighted by Gasteiger charge is -1.78. The van der Waals surface area contributed by atoms with Crippen LogP contribution in [0, 0.1) is 0 Å². The molecule has 0 aliphatic rings. The third-order valence-corrected chi connectivity index (χ3v) is 1.87. The zero-order valence-electron chi connectivity index (χ0n) is 5.39. The van der Waals surface area contributed by atoms with Gasteiger partial charge in [0.25, 0.3) is 0 Å². The summed E-state index contributed by atoms with van der Waals surface area (Å²) in [6.07, 6.45) is 1.48. The lowest BCUT2D eigenvalue weighted by atomic mass is 10.5. The Morgan fingerprint density at radius 3 is 2.91 bits per heavy atom. The van der Waals surface area contributed by atoms with Gasteiger partial charge in [0, 0.05) is 6.07 Å². The van der Waals surface area contributed by atoms with Crippen molar-refractivity contribution in [1.82, 2.24) is 15.4 Å². The Bertz CT molecular complexity index is 341. The van der Waals surface area contributed by atoms with Gasteiger partial charge in [-0.15, -0.1) is 10.2 Å². The topological polar surface area (TPSA) is 77.8 Å². The molecular formula is C5H4N4OS. The van der Waals surface area contributed by atoms with Gasteiger partial charge in [0.2, 0.25) is 5.13 Å².